The molecule has 0 radical (unpaired) electrons. The van der Waals surface area contributed by atoms with Crippen LogP contribution in [0.25, 0.3) is 11.4 Å². The number of benzene rings is 1. The van der Waals surface area contributed by atoms with E-state index in [2.05, 4.69) is 42.4 Å². The number of aromatic nitrogens is 3. The lowest BCUT2D eigenvalue weighted by Crippen LogP contribution is -2.26. The number of thioether (sulfide) groups is 1. The Labute approximate surface area is 203 Å². The lowest BCUT2D eigenvalue weighted by Gasteiger charge is -2.33. The molecule has 0 unspecified atom stereocenters. The van der Waals surface area contributed by atoms with E-state index in [9.17, 15) is 10.1 Å². The fourth-order valence-corrected chi connectivity index (χ4v) is 6.22. The fraction of sp³-hybridized carbons (Fsp3) is 0.440. The fourth-order valence-electron chi connectivity index (χ4n) is 4.22. The average molecular weight is 480 g/mol. The molecular formula is C25H29N5OS2. The van der Waals surface area contributed by atoms with Crippen molar-refractivity contribution in [1.29, 1.82) is 5.26 Å². The van der Waals surface area contributed by atoms with Crippen LogP contribution >= 0.6 is 23.1 Å². The molecule has 8 heteroatoms. The van der Waals surface area contributed by atoms with Gasteiger partial charge < -0.3 is 9.88 Å². The average Bonchev–Trinajstić information content (AvgIpc) is 3.31. The van der Waals surface area contributed by atoms with Gasteiger partial charge in [0.25, 0.3) is 0 Å². The molecule has 2 heterocycles. The number of hydrogen-bond donors (Lipinski definition) is 1. The van der Waals surface area contributed by atoms with Gasteiger partial charge in [-0.3, -0.25) is 4.79 Å². The van der Waals surface area contributed by atoms with Crippen LogP contribution in [0.5, 0.6) is 0 Å². The Morgan fingerprint density at radius 1 is 1.30 bits per heavy atom. The van der Waals surface area contributed by atoms with Crippen molar-refractivity contribution < 1.29 is 4.79 Å². The number of thiophene rings is 1. The molecule has 1 aromatic carbocycles. The summed E-state index contributed by atoms with van der Waals surface area (Å²) < 4.78 is 1.90. The predicted molar refractivity (Wildman–Crippen MR) is 135 cm³/mol. The van der Waals surface area contributed by atoms with Gasteiger partial charge in [-0.05, 0) is 43.1 Å². The van der Waals surface area contributed by atoms with Crippen LogP contribution in [-0.2, 0) is 24.7 Å². The molecule has 6 nitrogen and oxygen atoms in total. The normalized spacial score (nSPS) is 15.7. The summed E-state index contributed by atoms with van der Waals surface area (Å²) in [6.07, 6.45) is 2.96. The zero-order valence-electron chi connectivity index (χ0n) is 19.7. The highest BCUT2D eigenvalue weighted by Gasteiger charge is 2.32. The molecule has 0 bridgehead atoms. The molecule has 1 atom stereocenters. The van der Waals surface area contributed by atoms with Crippen LogP contribution < -0.4 is 5.32 Å². The highest BCUT2D eigenvalue weighted by Crippen LogP contribution is 2.44. The van der Waals surface area contributed by atoms with Crippen LogP contribution in [-0.4, -0.2) is 26.4 Å². The second kappa shape index (κ2) is 9.32. The Bertz CT molecular complexity index is 1210. The number of fused-ring (bicyclic) bond motifs is 1. The smallest absolute Gasteiger partial charge is 0.235 e. The van der Waals surface area contributed by atoms with E-state index in [1.54, 1.807) is 11.3 Å². The molecule has 1 N–H and O–H groups in total. The van der Waals surface area contributed by atoms with Crippen LogP contribution in [0.2, 0.25) is 0 Å². The molecule has 4 rings (SSSR count). The van der Waals surface area contributed by atoms with Crippen molar-refractivity contribution in [3.63, 3.8) is 0 Å². The van der Waals surface area contributed by atoms with Crippen molar-refractivity contribution in [2.75, 3.05) is 11.1 Å². The van der Waals surface area contributed by atoms with Crippen molar-refractivity contribution in [3.8, 4) is 17.5 Å². The molecule has 1 aliphatic rings. The predicted octanol–water partition coefficient (Wildman–Crippen LogP) is 5.61. The molecule has 172 valence electrons. The first-order chi connectivity index (χ1) is 15.7. The van der Waals surface area contributed by atoms with Crippen molar-refractivity contribution in [3.05, 3.63) is 45.8 Å². The maximum atomic E-state index is 12.7. The topological polar surface area (TPSA) is 83.6 Å². The zero-order chi connectivity index (χ0) is 23.8. The third kappa shape index (κ3) is 4.99. The maximum absolute atomic E-state index is 12.7. The maximum Gasteiger partial charge on any atom is 0.235 e. The van der Waals surface area contributed by atoms with Crippen molar-refractivity contribution in [2.24, 2.45) is 18.4 Å². The molecule has 3 aromatic rings. The first-order valence-electron chi connectivity index (χ1n) is 11.1. The van der Waals surface area contributed by atoms with Gasteiger partial charge in [-0.2, -0.15) is 5.26 Å². The van der Waals surface area contributed by atoms with Gasteiger partial charge in [-0.1, -0.05) is 62.4 Å². The van der Waals surface area contributed by atoms with E-state index in [1.807, 2.05) is 42.8 Å². The number of carbonyl (C=O) groups is 1. The SMILES string of the molecule is Cc1ccc(-c2nnc(SCC(=O)Nc3sc4c(c3C#N)CC[C@@H](C(C)(C)C)C4)n2C)cc1. The van der Waals surface area contributed by atoms with E-state index in [-0.39, 0.29) is 17.1 Å². The highest BCUT2D eigenvalue weighted by atomic mass is 32.2. The van der Waals surface area contributed by atoms with E-state index in [0.29, 0.717) is 21.6 Å². The summed E-state index contributed by atoms with van der Waals surface area (Å²) in [6.45, 7) is 8.87. The summed E-state index contributed by atoms with van der Waals surface area (Å²) in [7, 11) is 1.90. The molecule has 2 aromatic heterocycles. The first kappa shape index (κ1) is 23.5. The number of amides is 1. The Morgan fingerprint density at radius 2 is 2.03 bits per heavy atom. The van der Waals surface area contributed by atoms with Gasteiger partial charge in [0.2, 0.25) is 5.91 Å². The van der Waals surface area contributed by atoms with Gasteiger partial charge in [-0.25, -0.2) is 0 Å². The second-order valence-electron chi connectivity index (χ2n) is 9.69. The van der Waals surface area contributed by atoms with Gasteiger partial charge in [-0.15, -0.1) is 21.5 Å². The number of rotatable bonds is 5. The number of hydrogen-bond acceptors (Lipinski definition) is 6. The first-order valence-corrected chi connectivity index (χ1v) is 12.9. The molecule has 1 amide bonds. The van der Waals surface area contributed by atoms with E-state index < -0.39 is 0 Å². The van der Waals surface area contributed by atoms with Crippen molar-refractivity contribution >= 4 is 34.0 Å². The summed E-state index contributed by atoms with van der Waals surface area (Å²) in [5.74, 6) is 1.43. The summed E-state index contributed by atoms with van der Waals surface area (Å²) in [5, 5.41) is 22.7. The van der Waals surface area contributed by atoms with E-state index in [1.165, 1.54) is 22.2 Å². The van der Waals surface area contributed by atoms with Gasteiger partial charge in [0.1, 0.15) is 11.1 Å². The van der Waals surface area contributed by atoms with Gasteiger partial charge in [0, 0.05) is 17.5 Å². The Hall–Kier alpha value is -2.63. The van der Waals surface area contributed by atoms with Crippen molar-refractivity contribution in [2.45, 2.75) is 52.1 Å². The largest absolute Gasteiger partial charge is 0.316 e. The lowest BCUT2D eigenvalue weighted by molar-refractivity contribution is -0.113. The Balaban J connectivity index is 1.43. The standard InChI is InChI=1S/C25H29N5OS2/c1-15-6-8-16(9-7-15)22-28-29-24(30(22)5)32-14-21(31)27-23-19(13-26)18-11-10-17(25(2,3)4)12-20(18)33-23/h6-9,17H,10-12,14H2,1-5H3,(H,27,31)/t17-/m1/s1. The minimum Gasteiger partial charge on any atom is -0.316 e. The molecule has 0 saturated heterocycles. The highest BCUT2D eigenvalue weighted by molar-refractivity contribution is 7.99. The van der Waals surface area contributed by atoms with Crippen LogP contribution in [0.3, 0.4) is 0 Å². The zero-order valence-corrected chi connectivity index (χ0v) is 21.4. The number of nitriles is 1. The third-order valence-electron chi connectivity index (χ3n) is 6.33. The number of carbonyl (C=O) groups excluding carboxylic acids is 1. The minimum absolute atomic E-state index is 0.137. The summed E-state index contributed by atoms with van der Waals surface area (Å²) in [5.41, 5.74) is 4.18. The number of nitrogens with one attached hydrogen (secondary N) is 1. The number of nitrogens with zero attached hydrogens (tertiary/aromatic N) is 4. The van der Waals surface area contributed by atoms with E-state index in [0.717, 1.165) is 36.2 Å². The van der Waals surface area contributed by atoms with Gasteiger partial charge in [0.15, 0.2) is 11.0 Å². The summed E-state index contributed by atoms with van der Waals surface area (Å²) in [4.78, 5) is 14.0. The molecular weight excluding hydrogens is 450 g/mol. The van der Waals surface area contributed by atoms with Crippen LogP contribution in [0, 0.1) is 29.6 Å². The monoisotopic (exact) mass is 479 g/mol. The van der Waals surface area contributed by atoms with E-state index in [4.69, 9.17) is 0 Å². The molecule has 0 fully saturated rings. The summed E-state index contributed by atoms with van der Waals surface area (Å²) >= 11 is 2.91. The molecule has 0 aliphatic heterocycles. The quantitative estimate of drug-likeness (QED) is 0.481. The third-order valence-corrected chi connectivity index (χ3v) is 8.52. The molecule has 33 heavy (non-hydrogen) atoms. The number of aryl methyl sites for hydroxylation is 1. The second-order valence-corrected chi connectivity index (χ2v) is 11.7. The van der Waals surface area contributed by atoms with Crippen LogP contribution in [0.1, 0.15) is 48.8 Å². The molecule has 0 saturated carbocycles. The van der Waals surface area contributed by atoms with Gasteiger partial charge >= 0.3 is 0 Å². The van der Waals surface area contributed by atoms with Crippen LogP contribution in [0.4, 0.5) is 5.00 Å². The summed E-state index contributed by atoms with van der Waals surface area (Å²) in [6, 6.07) is 10.5. The lowest BCUT2D eigenvalue weighted by atomic mass is 9.72. The molecule has 1 aliphatic carbocycles. The van der Waals surface area contributed by atoms with Crippen molar-refractivity contribution in [1.82, 2.24) is 14.8 Å². The minimum atomic E-state index is -0.137. The molecule has 0 spiro atoms. The van der Waals surface area contributed by atoms with E-state index >= 15 is 0 Å². The Kier molecular flexibility index (Phi) is 6.64. The van der Waals surface area contributed by atoms with Gasteiger partial charge in [0.05, 0.1) is 11.3 Å². The Morgan fingerprint density at radius 3 is 2.70 bits per heavy atom. The van der Waals surface area contributed by atoms with Crippen LogP contribution in [0.15, 0.2) is 29.4 Å². The number of anilines is 1.